The molecule has 0 aromatic rings. The van der Waals surface area contributed by atoms with Gasteiger partial charge in [-0.15, -0.1) is 0 Å². The van der Waals surface area contributed by atoms with Gasteiger partial charge in [-0.1, -0.05) is 0 Å². The van der Waals surface area contributed by atoms with Crippen LogP contribution in [0.2, 0.25) is 0 Å². The van der Waals surface area contributed by atoms with E-state index in [9.17, 15) is 0 Å². The Balaban J connectivity index is -0.0000000200. The zero-order valence-corrected chi connectivity index (χ0v) is 5.94. The first-order valence-corrected chi connectivity index (χ1v) is 1.22. The van der Waals surface area contributed by atoms with Crippen LogP contribution in [0, 0.1) is 0 Å². The molecule has 5 heavy (non-hydrogen) atoms. The lowest BCUT2D eigenvalue weighted by Gasteiger charge is -0.944. The van der Waals surface area contributed by atoms with Gasteiger partial charge in [-0.05, 0) is 0 Å². The monoisotopic (exact) mass is 112 g/mol. The maximum absolute atomic E-state index is 8.40. The third-order valence-electron chi connectivity index (χ3n) is 0. The van der Waals surface area contributed by atoms with E-state index in [4.69, 9.17) is 8.92 Å². The summed E-state index contributed by atoms with van der Waals surface area (Å²) in [6.45, 7) is 0. The van der Waals surface area contributed by atoms with Crippen LogP contribution in [-0.4, -0.2) is 43.3 Å². The van der Waals surface area contributed by atoms with Crippen molar-refractivity contribution < 1.29 is 8.92 Å². The molecule has 0 saturated heterocycles. The van der Waals surface area contributed by atoms with E-state index in [1.807, 2.05) is 0 Å². The number of hydrogen-bond acceptors (Lipinski definition) is 2. The van der Waals surface area contributed by atoms with Crippen molar-refractivity contribution in [3.05, 3.63) is 0 Å². The van der Waals surface area contributed by atoms with Crippen LogP contribution >= 0.6 is 0 Å². The average molecular weight is 112 g/mol. The van der Waals surface area contributed by atoms with Crippen LogP contribution in [0.25, 0.3) is 0 Å². The van der Waals surface area contributed by atoms with Crippen molar-refractivity contribution in [1.82, 2.24) is 0 Å². The third kappa shape index (κ3) is 58.8. The Kier molecular flexibility index (Phi) is 72.9. The van der Waals surface area contributed by atoms with Gasteiger partial charge < -0.3 is 0 Å². The van der Waals surface area contributed by atoms with Gasteiger partial charge in [-0.3, -0.25) is 8.92 Å². The Labute approximate surface area is 52.4 Å². The molecule has 0 aromatic carbocycles. The molecular formula is MgO2Si2. The summed E-state index contributed by atoms with van der Waals surface area (Å²) in [7, 11) is -1.42. The summed E-state index contributed by atoms with van der Waals surface area (Å²) in [4.78, 5) is 0. The molecule has 0 aliphatic carbocycles. The van der Waals surface area contributed by atoms with E-state index in [-0.39, 0.29) is 34.0 Å². The minimum atomic E-state index is -1.42. The molecular weight excluding hydrogens is 112 g/mol. The predicted octanol–water partition coefficient (Wildman–Crippen LogP) is -1.38. The van der Waals surface area contributed by atoms with Gasteiger partial charge in [-0.25, -0.2) is 0 Å². The zero-order valence-electron chi connectivity index (χ0n) is 2.52. The molecule has 0 N–H and O–H groups in total. The Morgan fingerprint density at radius 2 is 1.20 bits per heavy atom. The molecule has 0 bridgehead atoms. The Morgan fingerprint density at radius 1 is 1.20 bits per heavy atom. The number of hydrogen-bond donors (Lipinski definition) is 0. The molecule has 0 unspecified atom stereocenters. The molecule has 0 amide bonds. The highest BCUT2D eigenvalue weighted by Gasteiger charge is 1.22. The maximum Gasteiger partial charge on any atom is 0.549 e. The fourth-order valence-corrected chi connectivity index (χ4v) is 0. The van der Waals surface area contributed by atoms with Gasteiger partial charge in [0.05, 0.1) is 0 Å². The molecule has 0 saturated carbocycles. The van der Waals surface area contributed by atoms with Crippen LogP contribution in [0.5, 0.6) is 0 Å². The molecule has 0 fully saturated rings. The van der Waals surface area contributed by atoms with Crippen molar-refractivity contribution in [3.8, 4) is 0 Å². The summed E-state index contributed by atoms with van der Waals surface area (Å²) in [6.07, 6.45) is 0. The minimum Gasteiger partial charge on any atom is -0.274 e. The van der Waals surface area contributed by atoms with Crippen molar-refractivity contribution >= 4 is 43.3 Å². The Hall–Kier alpha value is 0.800. The Morgan fingerprint density at radius 3 is 1.20 bits per heavy atom. The molecule has 0 rings (SSSR count). The maximum atomic E-state index is 8.40. The zero-order chi connectivity index (χ0) is 2.71. The lowest BCUT2D eigenvalue weighted by Crippen LogP contribution is -1.26. The van der Waals surface area contributed by atoms with E-state index >= 15 is 0 Å². The summed E-state index contributed by atoms with van der Waals surface area (Å²) in [5.74, 6) is 0. The second-order valence-electron chi connectivity index (χ2n) is 0.0833. The van der Waals surface area contributed by atoms with E-state index < -0.39 is 9.29 Å². The molecule has 0 atom stereocenters. The quantitative estimate of drug-likeness (QED) is 0.362. The molecule has 0 spiro atoms. The highest BCUT2D eigenvalue weighted by Crippen LogP contribution is 0.759. The van der Waals surface area contributed by atoms with Gasteiger partial charge in [0.25, 0.3) is 0 Å². The van der Waals surface area contributed by atoms with Gasteiger partial charge in [-0.2, -0.15) is 0 Å². The van der Waals surface area contributed by atoms with E-state index in [1.54, 1.807) is 0 Å². The molecule has 22 valence electrons. The molecule has 0 aliphatic heterocycles. The van der Waals surface area contributed by atoms with E-state index in [1.165, 1.54) is 0 Å². The van der Waals surface area contributed by atoms with Crippen LogP contribution in [0.4, 0.5) is 0 Å². The lowest BCUT2D eigenvalue weighted by atomic mass is 15.9. The van der Waals surface area contributed by atoms with Crippen LogP contribution in [0.1, 0.15) is 0 Å². The van der Waals surface area contributed by atoms with Gasteiger partial charge in [0.15, 0.2) is 0 Å². The smallest absolute Gasteiger partial charge is 0.274 e. The summed E-state index contributed by atoms with van der Waals surface area (Å²) in [6, 6.07) is 0. The van der Waals surface area contributed by atoms with E-state index in [2.05, 4.69) is 0 Å². The summed E-state index contributed by atoms with van der Waals surface area (Å²) in [5, 5.41) is 0. The third-order valence-corrected chi connectivity index (χ3v) is 0. The average Bonchev–Trinajstić information content (AvgIpc) is 0.918. The Bertz CT molecular complexity index is 28.6. The number of rotatable bonds is 0. The normalized spacial score (nSPS) is 1.60. The van der Waals surface area contributed by atoms with Gasteiger partial charge in [0, 0.05) is 34.0 Å². The van der Waals surface area contributed by atoms with Gasteiger partial charge in [0.2, 0.25) is 0 Å². The first-order chi connectivity index (χ1) is 1.41. The lowest BCUT2D eigenvalue weighted by molar-refractivity contribution is 0.497. The minimum absolute atomic E-state index is 0. The molecule has 5 heteroatoms. The fraction of sp³-hybridized carbons (Fsp3) is 0. The molecule has 0 heterocycles. The largest absolute Gasteiger partial charge is 0.549 e. The second kappa shape index (κ2) is 21.4. The molecule has 0 aliphatic rings. The first kappa shape index (κ1) is 17.0. The highest BCUT2D eigenvalue weighted by atomic mass is 28.2. The van der Waals surface area contributed by atoms with Crippen LogP contribution in [0.15, 0.2) is 0 Å². The van der Waals surface area contributed by atoms with Crippen molar-refractivity contribution in [1.29, 1.82) is 0 Å². The molecule has 6 radical (unpaired) electrons. The highest BCUT2D eigenvalue weighted by molar-refractivity contribution is 5.94. The molecule has 0 aromatic heterocycles. The summed E-state index contributed by atoms with van der Waals surface area (Å²) >= 11 is 0. The summed E-state index contributed by atoms with van der Waals surface area (Å²) < 4.78 is 16.8. The van der Waals surface area contributed by atoms with E-state index in [0.29, 0.717) is 0 Å². The fourth-order valence-electron chi connectivity index (χ4n) is 0. The molecule has 2 nitrogen and oxygen atoms in total. The van der Waals surface area contributed by atoms with Crippen molar-refractivity contribution in [2.45, 2.75) is 0 Å². The standard InChI is InChI=1S/Mg.O2Si.Si/c;1-3-2;. The van der Waals surface area contributed by atoms with Crippen molar-refractivity contribution in [2.75, 3.05) is 0 Å². The van der Waals surface area contributed by atoms with Crippen LogP contribution in [0.3, 0.4) is 0 Å². The van der Waals surface area contributed by atoms with Crippen LogP contribution in [-0.2, 0) is 8.92 Å². The van der Waals surface area contributed by atoms with E-state index in [0.717, 1.165) is 0 Å². The second-order valence-corrected chi connectivity index (χ2v) is 0.250. The first-order valence-electron chi connectivity index (χ1n) is 0.408. The van der Waals surface area contributed by atoms with Crippen molar-refractivity contribution in [3.63, 3.8) is 0 Å². The summed E-state index contributed by atoms with van der Waals surface area (Å²) in [5.41, 5.74) is 0. The topological polar surface area (TPSA) is 34.1 Å². The predicted molar refractivity (Wildman–Crippen MR) is 18.6 cm³/mol. The SMILES string of the molecule is O=[Si]=O.[Mg].[Si]. The van der Waals surface area contributed by atoms with Crippen molar-refractivity contribution in [2.24, 2.45) is 0 Å². The van der Waals surface area contributed by atoms with Gasteiger partial charge >= 0.3 is 9.29 Å². The van der Waals surface area contributed by atoms with Crippen LogP contribution < -0.4 is 0 Å². The van der Waals surface area contributed by atoms with Gasteiger partial charge in [0.1, 0.15) is 0 Å².